The van der Waals surface area contributed by atoms with Gasteiger partial charge in [-0.3, -0.25) is 10.2 Å². The van der Waals surface area contributed by atoms with Crippen LogP contribution in [0, 0.1) is 0 Å². The Kier molecular flexibility index (Phi) is 5.58. The highest BCUT2D eigenvalue weighted by Gasteiger charge is 2.26. The highest BCUT2D eigenvalue weighted by Crippen LogP contribution is 2.22. The minimum absolute atomic E-state index is 0.0231. The van der Waals surface area contributed by atoms with Crippen molar-refractivity contribution in [1.29, 1.82) is 0 Å². The first kappa shape index (κ1) is 18.2. The number of hydrogen-bond donors (Lipinski definition) is 2. The summed E-state index contributed by atoms with van der Waals surface area (Å²) in [5.74, 6) is 1.35. The first-order valence-corrected chi connectivity index (χ1v) is 10.8. The summed E-state index contributed by atoms with van der Waals surface area (Å²) in [6, 6.07) is 8.43. The molecule has 7 nitrogen and oxygen atoms in total. The minimum atomic E-state index is -0.110. The molecular formula is C18H20N6OS2. The van der Waals surface area contributed by atoms with Crippen LogP contribution in [0.3, 0.4) is 0 Å². The monoisotopic (exact) mass is 400 g/mol. The molecule has 1 saturated heterocycles. The van der Waals surface area contributed by atoms with Crippen molar-refractivity contribution in [3.05, 3.63) is 35.4 Å². The SMILES string of the molecule is CC1S/C(=N/NC2=N/C(=N/N=C3/CCCCc4ccccc43)SC2)NC1=O. The van der Waals surface area contributed by atoms with Crippen LogP contribution in [0.15, 0.2) is 44.6 Å². The molecule has 0 bridgehead atoms. The molecule has 4 rings (SSSR count). The average molecular weight is 401 g/mol. The molecule has 1 atom stereocenters. The number of nitrogens with one attached hydrogen (secondary N) is 2. The minimum Gasteiger partial charge on any atom is -0.303 e. The van der Waals surface area contributed by atoms with Gasteiger partial charge in [0.1, 0.15) is 5.84 Å². The van der Waals surface area contributed by atoms with Crippen LogP contribution in [-0.4, -0.2) is 38.8 Å². The van der Waals surface area contributed by atoms with Gasteiger partial charge in [0.25, 0.3) is 0 Å². The molecule has 1 aromatic carbocycles. The summed E-state index contributed by atoms with van der Waals surface area (Å²) < 4.78 is 0. The zero-order valence-corrected chi connectivity index (χ0v) is 16.6. The second-order valence-corrected chi connectivity index (χ2v) is 8.69. The molecule has 1 aromatic rings. The Labute approximate surface area is 166 Å². The molecule has 2 heterocycles. The molecule has 1 fully saturated rings. The fourth-order valence-corrected chi connectivity index (χ4v) is 4.44. The number of amidine groups is 3. The molecular weight excluding hydrogens is 380 g/mol. The summed E-state index contributed by atoms with van der Waals surface area (Å²) in [6.07, 6.45) is 4.35. The Morgan fingerprint density at radius 1 is 1.22 bits per heavy atom. The van der Waals surface area contributed by atoms with Crippen molar-refractivity contribution in [2.45, 2.75) is 37.9 Å². The van der Waals surface area contributed by atoms with E-state index in [1.807, 2.05) is 6.92 Å². The average Bonchev–Trinajstić information content (AvgIpc) is 3.19. The highest BCUT2D eigenvalue weighted by molar-refractivity contribution is 8.15. The predicted octanol–water partition coefficient (Wildman–Crippen LogP) is 2.73. The van der Waals surface area contributed by atoms with Gasteiger partial charge in [-0.05, 0) is 38.2 Å². The summed E-state index contributed by atoms with van der Waals surface area (Å²) in [6.45, 7) is 1.85. The number of amides is 1. The third kappa shape index (κ3) is 4.41. The van der Waals surface area contributed by atoms with Crippen LogP contribution < -0.4 is 10.7 Å². The van der Waals surface area contributed by atoms with E-state index in [0.29, 0.717) is 21.9 Å². The standard InChI is InChI=1S/C18H20N6OS2/c1-11-16(25)20-18(27-11)24-22-15-10-26-17(19-15)23-21-14-9-5-3-7-12-6-2-4-8-13(12)14/h2,4,6,8,11H,3,5,7,9-10H2,1H3,(H,19,22,23)(H,20,24,25)/b21-14-. The van der Waals surface area contributed by atoms with Crippen molar-refractivity contribution < 1.29 is 4.79 Å². The Hall–Kier alpha value is -2.13. The van der Waals surface area contributed by atoms with Crippen LogP contribution in [0.2, 0.25) is 0 Å². The van der Waals surface area contributed by atoms with Gasteiger partial charge in [0.05, 0.1) is 16.7 Å². The molecule has 1 amide bonds. The van der Waals surface area contributed by atoms with Gasteiger partial charge in [-0.25, -0.2) is 4.99 Å². The molecule has 0 spiro atoms. The van der Waals surface area contributed by atoms with Crippen molar-refractivity contribution in [2.75, 3.05) is 5.75 Å². The molecule has 27 heavy (non-hydrogen) atoms. The normalized spacial score (nSPS) is 26.9. The second kappa shape index (κ2) is 8.26. The number of aliphatic imine (C=N–C) groups is 1. The van der Waals surface area contributed by atoms with Crippen molar-refractivity contribution >= 4 is 51.3 Å². The Morgan fingerprint density at radius 2 is 2.07 bits per heavy atom. The van der Waals surface area contributed by atoms with Crippen molar-refractivity contribution in [3.63, 3.8) is 0 Å². The predicted molar refractivity (Wildman–Crippen MR) is 114 cm³/mol. The maximum Gasteiger partial charge on any atom is 0.239 e. The third-order valence-corrected chi connectivity index (χ3v) is 6.27. The van der Waals surface area contributed by atoms with Crippen LogP contribution >= 0.6 is 23.5 Å². The topological polar surface area (TPSA) is 90.6 Å². The number of hydrazone groups is 1. The summed E-state index contributed by atoms with van der Waals surface area (Å²) >= 11 is 2.92. The van der Waals surface area contributed by atoms with Crippen LogP contribution in [0.4, 0.5) is 0 Å². The van der Waals surface area contributed by atoms with Crippen molar-refractivity contribution in [2.24, 2.45) is 20.3 Å². The Balaban J connectivity index is 1.45. The summed E-state index contributed by atoms with van der Waals surface area (Å²) in [4.78, 5) is 15.9. The Bertz CT molecular complexity index is 876. The molecule has 1 unspecified atom stereocenters. The van der Waals surface area contributed by atoms with Gasteiger partial charge in [0.2, 0.25) is 11.1 Å². The molecule has 0 saturated carbocycles. The van der Waals surface area contributed by atoms with Crippen LogP contribution in [0.1, 0.15) is 37.3 Å². The molecule has 140 valence electrons. The van der Waals surface area contributed by atoms with Gasteiger partial charge < -0.3 is 5.32 Å². The van der Waals surface area contributed by atoms with Gasteiger partial charge in [0, 0.05) is 5.56 Å². The lowest BCUT2D eigenvalue weighted by Gasteiger charge is -2.05. The smallest absolute Gasteiger partial charge is 0.239 e. The lowest BCUT2D eigenvalue weighted by atomic mass is 10.0. The van der Waals surface area contributed by atoms with Crippen molar-refractivity contribution in [3.8, 4) is 0 Å². The van der Waals surface area contributed by atoms with Crippen LogP contribution in [0.25, 0.3) is 0 Å². The van der Waals surface area contributed by atoms with Crippen LogP contribution in [0.5, 0.6) is 0 Å². The number of aryl methyl sites for hydroxylation is 1. The maximum absolute atomic E-state index is 11.5. The van der Waals surface area contributed by atoms with E-state index in [4.69, 9.17) is 0 Å². The summed E-state index contributed by atoms with van der Waals surface area (Å²) in [5, 5.41) is 16.9. The number of hydrogen-bond acceptors (Lipinski definition) is 7. The van der Waals surface area contributed by atoms with Gasteiger partial charge in [0.15, 0.2) is 5.17 Å². The van der Waals surface area contributed by atoms with E-state index in [0.717, 1.165) is 25.0 Å². The molecule has 2 N–H and O–H groups in total. The zero-order valence-electron chi connectivity index (χ0n) is 14.9. The molecule has 1 aliphatic carbocycles. The molecule has 2 aliphatic heterocycles. The third-order valence-electron chi connectivity index (χ3n) is 4.44. The number of carbonyl (C=O) groups excluding carboxylic acids is 1. The molecule has 0 radical (unpaired) electrons. The van der Waals surface area contributed by atoms with E-state index in [1.165, 1.54) is 41.1 Å². The van der Waals surface area contributed by atoms with Crippen molar-refractivity contribution in [1.82, 2.24) is 10.7 Å². The summed E-state index contributed by atoms with van der Waals surface area (Å²) in [7, 11) is 0. The zero-order chi connectivity index (χ0) is 18.6. The van der Waals surface area contributed by atoms with E-state index in [1.54, 1.807) is 0 Å². The number of rotatable bonds is 2. The van der Waals surface area contributed by atoms with Crippen LogP contribution in [-0.2, 0) is 11.2 Å². The van der Waals surface area contributed by atoms with Gasteiger partial charge in [-0.1, -0.05) is 47.8 Å². The lowest BCUT2D eigenvalue weighted by molar-refractivity contribution is -0.118. The second-order valence-electron chi connectivity index (χ2n) is 6.42. The van der Waals surface area contributed by atoms with E-state index in [2.05, 4.69) is 55.3 Å². The number of nitrogens with zero attached hydrogens (tertiary/aromatic N) is 4. The first-order chi connectivity index (χ1) is 13.2. The molecule has 9 heteroatoms. The fourth-order valence-electron chi connectivity index (χ4n) is 3.02. The van der Waals surface area contributed by atoms with Gasteiger partial charge in [-0.2, -0.15) is 5.10 Å². The quantitative estimate of drug-likeness (QED) is 0.590. The number of thioether (sulfide) groups is 2. The fraction of sp³-hybridized carbons (Fsp3) is 0.389. The maximum atomic E-state index is 11.5. The summed E-state index contributed by atoms with van der Waals surface area (Å²) in [5.41, 5.74) is 6.50. The molecule has 0 aromatic heterocycles. The number of carbonyl (C=O) groups is 1. The number of fused-ring (bicyclic) bond motifs is 1. The molecule has 3 aliphatic rings. The van der Waals surface area contributed by atoms with E-state index in [-0.39, 0.29) is 11.2 Å². The van der Waals surface area contributed by atoms with E-state index >= 15 is 0 Å². The van der Waals surface area contributed by atoms with E-state index < -0.39 is 0 Å². The van der Waals surface area contributed by atoms with E-state index in [9.17, 15) is 4.79 Å². The highest BCUT2D eigenvalue weighted by atomic mass is 32.2. The van der Waals surface area contributed by atoms with Gasteiger partial charge >= 0.3 is 0 Å². The Morgan fingerprint density at radius 3 is 2.93 bits per heavy atom. The lowest BCUT2D eigenvalue weighted by Crippen LogP contribution is -2.26. The largest absolute Gasteiger partial charge is 0.303 e. The first-order valence-electron chi connectivity index (χ1n) is 8.93. The van der Waals surface area contributed by atoms with Gasteiger partial charge in [-0.15, -0.1) is 10.2 Å². The number of benzene rings is 1.